The number of hydrogen-bond donors (Lipinski definition) is 1. The Kier molecular flexibility index (Phi) is 7.77. The molecule has 4 heteroatoms. The van der Waals surface area contributed by atoms with Crippen LogP contribution in [0.2, 0.25) is 0 Å². The zero-order chi connectivity index (χ0) is 14.8. The van der Waals surface area contributed by atoms with Crippen molar-refractivity contribution in [3.63, 3.8) is 0 Å². The molecule has 2 rings (SSSR count). The van der Waals surface area contributed by atoms with E-state index in [1.165, 1.54) is 19.1 Å². The summed E-state index contributed by atoms with van der Waals surface area (Å²) >= 11 is 0. The first kappa shape index (κ1) is 17.1. The number of ether oxygens (including phenoxy) is 3. The second-order valence-corrected chi connectivity index (χ2v) is 5.29. The van der Waals surface area contributed by atoms with Gasteiger partial charge in [0, 0.05) is 13.7 Å². The summed E-state index contributed by atoms with van der Waals surface area (Å²) in [5.74, 6) is -0.958. The summed E-state index contributed by atoms with van der Waals surface area (Å²) in [4.78, 5) is 0. The molecule has 1 saturated heterocycles. The zero-order valence-corrected chi connectivity index (χ0v) is 12.7. The van der Waals surface area contributed by atoms with Gasteiger partial charge in [0.2, 0.25) is 0 Å². The second kappa shape index (κ2) is 9.08. The Morgan fingerprint density at radius 2 is 1.95 bits per heavy atom. The van der Waals surface area contributed by atoms with E-state index in [0.29, 0.717) is 12.7 Å². The fourth-order valence-corrected chi connectivity index (χ4v) is 1.66. The molecule has 1 aromatic carbocycles. The first-order chi connectivity index (χ1) is 9.51. The highest BCUT2D eigenvalue weighted by Crippen LogP contribution is 2.12. The number of aliphatic hydroxyl groups is 1. The molecule has 0 aromatic heterocycles. The van der Waals surface area contributed by atoms with Gasteiger partial charge in [0.15, 0.2) is 5.79 Å². The van der Waals surface area contributed by atoms with E-state index in [1.807, 2.05) is 18.2 Å². The predicted octanol–water partition coefficient (Wildman–Crippen LogP) is 2.74. The van der Waals surface area contributed by atoms with Crippen LogP contribution >= 0.6 is 0 Å². The topological polar surface area (TPSA) is 47.9 Å². The largest absolute Gasteiger partial charge is 0.376 e. The Labute approximate surface area is 121 Å². The third kappa shape index (κ3) is 8.27. The molecule has 0 spiro atoms. The van der Waals surface area contributed by atoms with Gasteiger partial charge in [0.05, 0.1) is 19.3 Å². The number of benzene rings is 1. The second-order valence-electron chi connectivity index (χ2n) is 5.29. The van der Waals surface area contributed by atoms with E-state index in [2.05, 4.69) is 16.9 Å². The number of rotatable bonds is 5. The molecular formula is C16H26O4. The average molecular weight is 282 g/mol. The molecule has 0 bridgehead atoms. The Morgan fingerprint density at radius 3 is 2.45 bits per heavy atom. The summed E-state index contributed by atoms with van der Waals surface area (Å²) in [5.41, 5.74) is 1.23. The normalized spacial score (nSPS) is 18.5. The van der Waals surface area contributed by atoms with Crippen LogP contribution in [0.4, 0.5) is 0 Å². The summed E-state index contributed by atoms with van der Waals surface area (Å²) in [7, 11) is 1.46. The van der Waals surface area contributed by atoms with Gasteiger partial charge < -0.3 is 19.3 Å². The summed E-state index contributed by atoms with van der Waals surface area (Å²) in [6.45, 7) is 5.48. The number of methoxy groups -OCH3 is 1. The molecule has 0 aliphatic carbocycles. The first-order valence-corrected chi connectivity index (χ1v) is 7.02. The van der Waals surface area contributed by atoms with Gasteiger partial charge in [-0.1, -0.05) is 30.3 Å². The molecule has 114 valence electrons. The van der Waals surface area contributed by atoms with Gasteiger partial charge in [-0.15, -0.1) is 0 Å². The first-order valence-electron chi connectivity index (χ1n) is 7.02. The standard InChI is InChI=1S/C12H16O2.C4H10O2/c1-2-5-11(6-3-1)9-13-10-12-7-4-8-14-12;1-4(2,5)6-3/h1-3,5-6,12H,4,7-10H2;5H,1-3H3. The van der Waals surface area contributed by atoms with E-state index in [4.69, 9.17) is 14.6 Å². The SMILES string of the molecule is COC(C)(C)O.c1ccc(COCC2CCCO2)cc1. The molecule has 1 heterocycles. The molecule has 1 fully saturated rings. The van der Waals surface area contributed by atoms with Crippen molar-refractivity contribution in [2.45, 2.75) is 45.2 Å². The van der Waals surface area contributed by atoms with Crippen LogP contribution in [0.1, 0.15) is 32.3 Å². The van der Waals surface area contributed by atoms with E-state index >= 15 is 0 Å². The molecule has 1 aliphatic heterocycles. The molecule has 0 saturated carbocycles. The van der Waals surface area contributed by atoms with Crippen LogP contribution in [0.3, 0.4) is 0 Å². The van der Waals surface area contributed by atoms with Crippen molar-refractivity contribution in [1.29, 1.82) is 0 Å². The maximum Gasteiger partial charge on any atom is 0.159 e. The Hall–Kier alpha value is -0.940. The summed E-state index contributed by atoms with van der Waals surface area (Å²) < 4.78 is 15.5. The molecule has 0 amide bonds. The fraction of sp³-hybridized carbons (Fsp3) is 0.625. The Morgan fingerprint density at radius 1 is 1.30 bits per heavy atom. The van der Waals surface area contributed by atoms with Crippen LogP contribution in [-0.4, -0.2) is 37.3 Å². The quantitative estimate of drug-likeness (QED) is 0.844. The van der Waals surface area contributed by atoms with E-state index in [-0.39, 0.29) is 0 Å². The van der Waals surface area contributed by atoms with Gasteiger partial charge in [-0.05, 0) is 32.3 Å². The highest BCUT2D eigenvalue weighted by Gasteiger charge is 2.14. The molecule has 1 aromatic rings. The highest BCUT2D eigenvalue weighted by molar-refractivity contribution is 5.13. The minimum atomic E-state index is -0.958. The van der Waals surface area contributed by atoms with Crippen molar-refractivity contribution < 1.29 is 19.3 Å². The van der Waals surface area contributed by atoms with E-state index in [9.17, 15) is 0 Å². The lowest BCUT2D eigenvalue weighted by Crippen LogP contribution is -2.20. The van der Waals surface area contributed by atoms with E-state index < -0.39 is 5.79 Å². The molecule has 1 unspecified atom stereocenters. The molecule has 1 atom stereocenters. The van der Waals surface area contributed by atoms with Gasteiger partial charge in [0.25, 0.3) is 0 Å². The molecule has 1 N–H and O–H groups in total. The average Bonchev–Trinajstić information content (AvgIpc) is 2.93. The van der Waals surface area contributed by atoms with Crippen molar-refractivity contribution in [3.05, 3.63) is 35.9 Å². The van der Waals surface area contributed by atoms with Crippen molar-refractivity contribution in [2.24, 2.45) is 0 Å². The molecule has 4 nitrogen and oxygen atoms in total. The van der Waals surface area contributed by atoms with Crippen LogP contribution in [-0.2, 0) is 20.8 Å². The van der Waals surface area contributed by atoms with Crippen molar-refractivity contribution in [3.8, 4) is 0 Å². The molecule has 0 radical (unpaired) electrons. The van der Waals surface area contributed by atoms with Crippen LogP contribution in [0.15, 0.2) is 30.3 Å². The predicted molar refractivity (Wildman–Crippen MR) is 78.4 cm³/mol. The Balaban J connectivity index is 0.000000286. The minimum absolute atomic E-state index is 0.332. The Bertz CT molecular complexity index is 339. The lowest BCUT2D eigenvalue weighted by molar-refractivity contribution is -0.155. The fourth-order valence-electron chi connectivity index (χ4n) is 1.66. The molecular weight excluding hydrogens is 256 g/mol. The van der Waals surface area contributed by atoms with Gasteiger partial charge in [0.1, 0.15) is 0 Å². The lowest BCUT2D eigenvalue weighted by Gasteiger charge is -2.12. The lowest BCUT2D eigenvalue weighted by atomic mass is 10.2. The van der Waals surface area contributed by atoms with E-state index in [1.54, 1.807) is 13.8 Å². The molecule has 20 heavy (non-hydrogen) atoms. The summed E-state index contributed by atoms with van der Waals surface area (Å²) in [6, 6.07) is 10.2. The van der Waals surface area contributed by atoms with Crippen molar-refractivity contribution >= 4 is 0 Å². The van der Waals surface area contributed by atoms with Crippen LogP contribution in [0.5, 0.6) is 0 Å². The third-order valence-electron chi connectivity index (χ3n) is 2.94. The smallest absolute Gasteiger partial charge is 0.159 e. The van der Waals surface area contributed by atoms with Gasteiger partial charge in [-0.3, -0.25) is 0 Å². The third-order valence-corrected chi connectivity index (χ3v) is 2.94. The monoisotopic (exact) mass is 282 g/mol. The van der Waals surface area contributed by atoms with E-state index in [0.717, 1.165) is 19.6 Å². The highest BCUT2D eigenvalue weighted by atomic mass is 16.6. The van der Waals surface area contributed by atoms with Crippen LogP contribution in [0.25, 0.3) is 0 Å². The van der Waals surface area contributed by atoms with Crippen LogP contribution < -0.4 is 0 Å². The van der Waals surface area contributed by atoms with Crippen molar-refractivity contribution in [2.75, 3.05) is 20.3 Å². The van der Waals surface area contributed by atoms with Gasteiger partial charge in [-0.25, -0.2) is 0 Å². The minimum Gasteiger partial charge on any atom is -0.376 e. The number of hydrogen-bond acceptors (Lipinski definition) is 4. The summed E-state index contributed by atoms with van der Waals surface area (Å²) in [5, 5.41) is 8.60. The van der Waals surface area contributed by atoms with Crippen LogP contribution in [0, 0.1) is 0 Å². The van der Waals surface area contributed by atoms with Gasteiger partial charge >= 0.3 is 0 Å². The molecule has 1 aliphatic rings. The van der Waals surface area contributed by atoms with Gasteiger partial charge in [-0.2, -0.15) is 0 Å². The summed E-state index contributed by atoms with van der Waals surface area (Å²) in [6.07, 6.45) is 2.66. The maximum absolute atomic E-state index is 8.60. The zero-order valence-electron chi connectivity index (χ0n) is 12.7. The maximum atomic E-state index is 8.60. The van der Waals surface area contributed by atoms with Crippen molar-refractivity contribution in [1.82, 2.24) is 0 Å².